The van der Waals surface area contributed by atoms with E-state index in [-0.39, 0.29) is 20.6 Å². The van der Waals surface area contributed by atoms with E-state index >= 15 is 0 Å². The molecule has 0 aliphatic rings. The molecule has 0 bridgehead atoms. The fraction of sp³-hybridized carbons (Fsp3) is 0.409. The summed E-state index contributed by atoms with van der Waals surface area (Å²) in [6.45, 7) is 3.35. The van der Waals surface area contributed by atoms with Crippen LogP contribution in [0.4, 0.5) is 0 Å². The Morgan fingerprint density at radius 3 is 1.45 bits per heavy atom. The van der Waals surface area contributed by atoms with Gasteiger partial charge >= 0.3 is 0 Å². The van der Waals surface area contributed by atoms with Crippen LogP contribution in [0.1, 0.15) is 39.1 Å². The summed E-state index contributed by atoms with van der Waals surface area (Å²) in [6, 6.07) is 13.9. The molecule has 9 heteroatoms. The van der Waals surface area contributed by atoms with Gasteiger partial charge in [0.2, 0.25) is 0 Å². The smallest absolute Gasteiger partial charge is 0.188 e. The fourth-order valence-corrected chi connectivity index (χ4v) is 2.51. The molecule has 0 aliphatic carbocycles. The van der Waals surface area contributed by atoms with Gasteiger partial charge in [-0.2, -0.15) is 0 Å². The predicted molar refractivity (Wildman–Crippen MR) is 129 cm³/mol. The van der Waals surface area contributed by atoms with Crippen LogP contribution in [-0.4, -0.2) is 48.4 Å². The van der Waals surface area contributed by atoms with Crippen LogP contribution >= 0.6 is 0 Å². The number of benzene rings is 2. The maximum atomic E-state index is 11.1. The molecule has 0 heterocycles. The monoisotopic (exact) mass is 476 g/mol. The number of carbonyl (C=O) groups is 1. The number of hydrogen-bond donors (Lipinski definition) is 0. The van der Waals surface area contributed by atoms with Crippen LogP contribution in [0.25, 0.3) is 0 Å². The van der Waals surface area contributed by atoms with Crippen molar-refractivity contribution in [3.05, 3.63) is 54.1 Å². The standard InChI is InChI=1S/C9H10O2.C8H10O3S.C3H8O2S.2CH4/c1-7(10)8-3-5-9(11-2)6-4-8;1-10-7-3-5-8(6-4-7)12(9)11-2;1-3-6(4)5-2;;/h3-6H,1-2H3;3-6H,1-2H3;3H2,1-2H3;2*1H4. The second-order valence-corrected chi connectivity index (χ2v) is 7.91. The molecule has 0 aliphatic heterocycles. The van der Waals surface area contributed by atoms with Gasteiger partial charge < -0.3 is 9.47 Å². The lowest BCUT2D eigenvalue weighted by atomic mass is 10.1. The van der Waals surface area contributed by atoms with E-state index in [2.05, 4.69) is 8.37 Å². The van der Waals surface area contributed by atoms with Crippen molar-refractivity contribution in [2.45, 2.75) is 33.6 Å². The van der Waals surface area contributed by atoms with Crippen molar-refractivity contribution in [3.63, 3.8) is 0 Å². The number of carbonyl (C=O) groups excluding carboxylic acids is 1. The predicted octanol–water partition coefficient (Wildman–Crippen LogP) is 4.85. The lowest BCUT2D eigenvalue weighted by molar-refractivity contribution is 0.101. The van der Waals surface area contributed by atoms with E-state index < -0.39 is 22.2 Å². The van der Waals surface area contributed by atoms with Gasteiger partial charge in [0.05, 0.1) is 33.3 Å². The number of Topliss-reactive ketones (excluding diaryl/α,β-unsaturated/α-hetero) is 1. The number of ether oxygens (including phenoxy) is 2. The summed E-state index contributed by atoms with van der Waals surface area (Å²) in [6.07, 6.45) is 0. The van der Waals surface area contributed by atoms with Crippen LogP contribution in [-0.2, 0) is 30.5 Å². The molecular formula is C22H36O7S2. The third-order valence-electron chi connectivity index (χ3n) is 3.32. The van der Waals surface area contributed by atoms with E-state index in [9.17, 15) is 13.2 Å². The van der Waals surface area contributed by atoms with Crippen molar-refractivity contribution in [1.82, 2.24) is 0 Å². The maximum absolute atomic E-state index is 11.1. The van der Waals surface area contributed by atoms with E-state index in [1.807, 2.05) is 0 Å². The van der Waals surface area contributed by atoms with Crippen LogP contribution in [0.15, 0.2) is 53.4 Å². The summed E-state index contributed by atoms with van der Waals surface area (Å²) in [5, 5.41) is 0. The van der Waals surface area contributed by atoms with Gasteiger partial charge in [0.15, 0.2) is 27.9 Å². The van der Waals surface area contributed by atoms with Crippen molar-refractivity contribution in [2.75, 3.05) is 34.2 Å². The normalized spacial score (nSPS) is 10.9. The number of methoxy groups -OCH3 is 2. The Balaban J connectivity index is -0.000000387. The molecule has 2 rings (SSSR count). The first kappa shape index (κ1) is 33.6. The lowest BCUT2D eigenvalue weighted by Gasteiger charge is -2.00. The average molecular weight is 477 g/mol. The second-order valence-electron chi connectivity index (χ2n) is 5.12. The van der Waals surface area contributed by atoms with Gasteiger partial charge in [-0.05, 0) is 55.5 Å². The summed E-state index contributed by atoms with van der Waals surface area (Å²) >= 11 is -2.39. The summed E-state index contributed by atoms with van der Waals surface area (Å²) in [5.41, 5.74) is 0.714. The minimum atomic E-state index is -1.36. The van der Waals surface area contributed by atoms with Gasteiger partial charge in [0, 0.05) is 11.3 Å². The first-order valence-corrected chi connectivity index (χ1v) is 10.8. The molecule has 2 aromatic rings. The van der Waals surface area contributed by atoms with Crippen LogP contribution in [0, 0.1) is 0 Å². The molecule has 2 atom stereocenters. The summed E-state index contributed by atoms with van der Waals surface area (Å²) in [7, 11) is 6.02. The van der Waals surface area contributed by atoms with Gasteiger partial charge in [-0.15, -0.1) is 0 Å². The van der Waals surface area contributed by atoms with Gasteiger partial charge in [0.25, 0.3) is 0 Å². The molecule has 0 N–H and O–H groups in total. The van der Waals surface area contributed by atoms with E-state index in [1.54, 1.807) is 76.6 Å². The molecule has 7 nitrogen and oxygen atoms in total. The Bertz CT molecular complexity index is 754. The quantitative estimate of drug-likeness (QED) is 0.528. The minimum Gasteiger partial charge on any atom is -0.497 e. The van der Waals surface area contributed by atoms with Crippen LogP contribution < -0.4 is 9.47 Å². The topological polar surface area (TPSA) is 88.1 Å². The highest BCUT2D eigenvalue weighted by atomic mass is 32.2. The molecule has 0 aromatic heterocycles. The molecule has 0 saturated carbocycles. The summed E-state index contributed by atoms with van der Waals surface area (Å²) < 4.78 is 40.0. The maximum Gasteiger partial charge on any atom is 0.188 e. The van der Waals surface area contributed by atoms with Crippen molar-refractivity contribution in [1.29, 1.82) is 0 Å². The molecule has 0 amide bonds. The highest BCUT2D eigenvalue weighted by molar-refractivity contribution is 7.80. The third-order valence-corrected chi connectivity index (χ3v) is 5.12. The Morgan fingerprint density at radius 1 is 0.774 bits per heavy atom. The molecule has 2 aromatic carbocycles. The Kier molecular flexibility index (Phi) is 21.5. The van der Waals surface area contributed by atoms with Crippen LogP contribution in [0.5, 0.6) is 11.5 Å². The average Bonchev–Trinajstić information content (AvgIpc) is 2.78. The minimum absolute atomic E-state index is 0. The number of hydrogen-bond acceptors (Lipinski definition) is 7. The lowest BCUT2D eigenvalue weighted by Crippen LogP contribution is -1.92. The molecule has 0 radical (unpaired) electrons. The summed E-state index contributed by atoms with van der Waals surface area (Å²) in [4.78, 5) is 11.4. The zero-order valence-corrected chi connectivity index (χ0v) is 19.1. The van der Waals surface area contributed by atoms with Crippen LogP contribution in [0.3, 0.4) is 0 Å². The van der Waals surface area contributed by atoms with Crippen LogP contribution in [0.2, 0.25) is 0 Å². The Hall–Kier alpha value is -2.07. The number of ketones is 1. The Labute approximate surface area is 192 Å². The van der Waals surface area contributed by atoms with Crippen molar-refractivity contribution in [2.24, 2.45) is 0 Å². The zero-order chi connectivity index (χ0) is 22.2. The summed E-state index contributed by atoms with van der Waals surface area (Å²) in [5.74, 6) is 2.17. The van der Waals surface area contributed by atoms with E-state index in [0.717, 1.165) is 11.5 Å². The van der Waals surface area contributed by atoms with Crippen molar-refractivity contribution >= 4 is 27.9 Å². The first-order valence-electron chi connectivity index (χ1n) is 8.50. The molecular weight excluding hydrogens is 440 g/mol. The SMILES string of the molecule is C.C.CCS(=O)OC.COc1ccc(C(C)=O)cc1.COc1ccc(S(=O)OC)cc1. The Morgan fingerprint density at radius 2 is 1.19 bits per heavy atom. The molecule has 0 spiro atoms. The van der Waals surface area contributed by atoms with Gasteiger partial charge in [0.1, 0.15) is 11.5 Å². The first-order chi connectivity index (χ1) is 13.8. The molecule has 0 saturated heterocycles. The van der Waals surface area contributed by atoms with Gasteiger partial charge in [-0.25, -0.2) is 8.42 Å². The van der Waals surface area contributed by atoms with Gasteiger partial charge in [-0.3, -0.25) is 13.2 Å². The van der Waals surface area contributed by atoms with Gasteiger partial charge in [-0.1, -0.05) is 21.8 Å². The van der Waals surface area contributed by atoms with E-state index in [0.29, 0.717) is 16.2 Å². The largest absolute Gasteiger partial charge is 0.497 e. The number of rotatable bonds is 7. The van der Waals surface area contributed by atoms with E-state index in [1.165, 1.54) is 14.2 Å². The molecule has 178 valence electrons. The second kappa shape index (κ2) is 19.9. The highest BCUT2D eigenvalue weighted by Gasteiger charge is 2.01. The molecule has 31 heavy (non-hydrogen) atoms. The van der Waals surface area contributed by atoms with E-state index in [4.69, 9.17) is 9.47 Å². The fourth-order valence-electron chi connectivity index (χ4n) is 1.73. The highest BCUT2D eigenvalue weighted by Crippen LogP contribution is 2.14. The third kappa shape index (κ3) is 14.5. The zero-order valence-electron chi connectivity index (χ0n) is 17.5. The van der Waals surface area contributed by atoms with Crippen molar-refractivity contribution < 1.29 is 31.1 Å². The molecule has 0 fully saturated rings. The van der Waals surface area contributed by atoms with Crippen molar-refractivity contribution in [3.8, 4) is 11.5 Å². The molecule has 2 unspecified atom stereocenters.